The highest BCUT2D eigenvalue weighted by molar-refractivity contribution is 7.11. The number of benzene rings is 1. The molecule has 1 saturated heterocycles. The fourth-order valence-corrected chi connectivity index (χ4v) is 5.93. The lowest BCUT2D eigenvalue weighted by molar-refractivity contribution is -0.171. The van der Waals surface area contributed by atoms with E-state index in [4.69, 9.17) is 16.3 Å². The minimum absolute atomic E-state index is 0.0326. The summed E-state index contributed by atoms with van der Waals surface area (Å²) in [4.78, 5) is 17.4. The Labute approximate surface area is 193 Å². The van der Waals surface area contributed by atoms with Gasteiger partial charge in [0.15, 0.2) is 5.60 Å². The summed E-state index contributed by atoms with van der Waals surface area (Å²) >= 11 is 7.79. The van der Waals surface area contributed by atoms with E-state index in [2.05, 4.69) is 15.1 Å². The number of hydrogen-bond acceptors (Lipinski definition) is 6. The Kier molecular flexibility index (Phi) is 6.96. The summed E-state index contributed by atoms with van der Waals surface area (Å²) in [6.07, 6.45) is 5.05. The van der Waals surface area contributed by atoms with Crippen LogP contribution in [-0.4, -0.2) is 71.3 Å². The van der Waals surface area contributed by atoms with Crippen LogP contribution >= 0.6 is 22.9 Å². The van der Waals surface area contributed by atoms with Crippen LogP contribution in [0.3, 0.4) is 0 Å². The van der Waals surface area contributed by atoms with Crippen LogP contribution in [0.1, 0.15) is 47.2 Å². The third kappa shape index (κ3) is 5.11. The fourth-order valence-electron chi connectivity index (χ4n) is 4.94. The molecule has 2 heterocycles. The predicted molar refractivity (Wildman–Crippen MR) is 124 cm³/mol. The molecule has 0 bridgehead atoms. The molecule has 2 fully saturated rings. The largest absolute Gasteiger partial charge is 0.362 e. The third-order valence-electron chi connectivity index (χ3n) is 6.52. The lowest BCUT2D eigenvalue weighted by Gasteiger charge is -2.47. The van der Waals surface area contributed by atoms with Gasteiger partial charge in [-0.3, -0.25) is 9.69 Å². The molecule has 2 aliphatic rings. The fraction of sp³-hybridized carbons (Fsp3) is 0.609. The Morgan fingerprint density at radius 1 is 1.23 bits per heavy atom. The Bertz CT molecular complexity index is 895. The number of likely N-dealkylation sites (N-methyl/N-ethyl adjacent to an activating group) is 1. The summed E-state index contributed by atoms with van der Waals surface area (Å²) in [5.74, 6) is 0.552. The maximum absolute atomic E-state index is 13.3. The zero-order valence-electron chi connectivity index (χ0n) is 18.5. The number of amides is 1. The van der Waals surface area contributed by atoms with Gasteiger partial charge in [0, 0.05) is 50.6 Å². The number of ether oxygens (including phenoxy) is 1. The van der Waals surface area contributed by atoms with E-state index in [-0.39, 0.29) is 5.91 Å². The van der Waals surface area contributed by atoms with Crippen LogP contribution in [0, 0.1) is 6.92 Å². The molecule has 0 radical (unpaired) electrons. The first kappa shape index (κ1) is 22.6. The van der Waals surface area contributed by atoms with Gasteiger partial charge in [0.1, 0.15) is 10.0 Å². The molecule has 1 aromatic heterocycles. The van der Waals surface area contributed by atoms with E-state index in [1.165, 1.54) is 5.01 Å². The standard InChI is InChI=1S/C23H31ClN4O2S/c1-16-25-26-21(31-16)18-6-10-20(11-7-18)28-12-13-30-23(15-28,22(29)27(2)3)14-17-4-8-19(24)9-5-17/h4-5,8-9,18,20H,6-7,10-15H2,1-3H3/t18?,20?,23-/m1/s1. The molecule has 4 rings (SSSR count). The summed E-state index contributed by atoms with van der Waals surface area (Å²) in [6.45, 7) is 4.08. The molecule has 2 aromatic rings. The van der Waals surface area contributed by atoms with Gasteiger partial charge in [-0.2, -0.15) is 0 Å². The monoisotopic (exact) mass is 462 g/mol. The van der Waals surface area contributed by atoms with Gasteiger partial charge in [0.25, 0.3) is 5.91 Å². The second-order valence-electron chi connectivity index (χ2n) is 8.98. The molecule has 168 valence electrons. The van der Waals surface area contributed by atoms with Crippen molar-refractivity contribution in [2.75, 3.05) is 33.8 Å². The molecule has 8 heteroatoms. The number of morpholine rings is 1. The Morgan fingerprint density at radius 2 is 1.94 bits per heavy atom. The lowest BCUT2D eigenvalue weighted by atomic mass is 9.84. The minimum atomic E-state index is -0.858. The van der Waals surface area contributed by atoms with Crippen LogP contribution in [0.15, 0.2) is 24.3 Å². The van der Waals surface area contributed by atoms with E-state index in [0.717, 1.165) is 42.8 Å². The quantitative estimate of drug-likeness (QED) is 0.673. The van der Waals surface area contributed by atoms with Gasteiger partial charge >= 0.3 is 0 Å². The van der Waals surface area contributed by atoms with Crippen LogP contribution in [0.5, 0.6) is 0 Å². The number of hydrogen-bond donors (Lipinski definition) is 0. The molecule has 1 amide bonds. The number of aromatic nitrogens is 2. The van der Waals surface area contributed by atoms with Crippen molar-refractivity contribution in [1.29, 1.82) is 0 Å². The molecule has 1 atom stereocenters. The van der Waals surface area contributed by atoms with Crippen molar-refractivity contribution >= 4 is 28.8 Å². The van der Waals surface area contributed by atoms with Gasteiger partial charge < -0.3 is 9.64 Å². The highest BCUT2D eigenvalue weighted by atomic mass is 35.5. The highest BCUT2D eigenvalue weighted by Crippen LogP contribution is 2.37. The smallest absolute Gasteiger partial charge is 0.255 e. The van der Waals surface area contributed by atoms with Crippen LogP contribution in [0.2, 0.25) is 5.02 Å². The van der Waals surface area contributed by atoms with Crippen molar-refractivity contribution in [2.24, 2.45) is 0 Å². The first-order chi connectivity index (χ1) is 14.9. The Morgan fingerprint density at radius 3 is 2.55 bits per heavy atom. The molecule has 0 spiro atoms. The van der Waals surface area contributed by atoms with Crippen molar-refractivity contribution < 1.29 is 9.53 Å². The second-order valence-corrected chi connectivity index (χ2v) is 10.6. The van der Waals surface area contributed by atoms with Gasteiger partial charge in [0.05, 0.1) is 6.61 Å². The van der Waals surface area contributed by atoms with Crippen LogP contribution in [0.4, 0.5) is 0 Å². The topological polar surface area (TPSA) is 58.6 Å². The molecule has 1 aromatic carbocycles. The summed E-state index contributed by atoms with van der Waals surface area (Å²) in [5.41, 5.74) is 0.208. The molecular formula is C23H31ClN4O2S. The first-order valence-corrected chi connectivity index (χ1v) is 12.2. The Balaban J connectivity index is 1.47. The summed E-state index contributed by atoms with van der Waals surface area (Å²) in [5, 5.41) is 11.5. The highest BCUT2D eigenvalue weighted by Gasteiger charge is 2.46. The maximum atomic E-state index is 13.3. The maximum Gasteiger partial charge on any atom is 0.255 e. The van der Waals surface area contributed by atoms with Crippen LogP contribution in [-0.2, 0) is 16.0 Å². The minimum Gasteiger partial charge on any atom is -0.362 e. The normalized spacial score (nSPS) is 27.2. The van der Waals surface area contributed by atoms with E-state index in [1.807, 2.05) is 45.3 Å². The number of nitrogens with zero attached hydrogens (tertiary/aromatic N) is 4. The summed E-state index contributed by atoms with van der Waals surface area (Å²) in [7, 11) is 3.62. The molecule has 1 aliphatic carbocycles. The van der Waals surface area contributed by atoms with Gasteiger partial charge in [-0.15, -0.1) is 21.5 Å². The van der Waals surface area contributed by atoms with E-state index in [9.17, 15) is 4.79 Å². The zero-order valence-corrected chi connectivity index (χ0v) is 20.1. The molecule has 1 aliphatic heterocycles. The lowest BCUT2D eigenvalue weighted by Crippen LogP contribution is -2.62. The molecule has 1 saturated carbocycles. The molecule has 0 N–H and O–H groups in total. The summed E-state index contributed by atoms with van der Waals surface area (Å²) in [6, 6.07) is 8.22. The zero-order chi connectivity index (χ0) is 22.0. The van der Waals surface area contributed by atoms with E-state index >= 15 is 0 Å². The van der Waals surface area contributed by atoms with Crippen molar-refractivity contribution in [1.82, 2.24) is 20.0 Å². The van der Waals surface area contributed by atoms with Crippen LogP contribution in [0.25, 0.3) is 0 Å². The van der Waals surface area contributed by atoms with Gasteiger partial charge in [-0.25, -0.2) is 0 Å². The van der Waals surface area contributed by atoms with Crippen molar-refractivity contribution in [3.63, 3.8) is 0 Å². The number of carbonyl (C=O) groups excluding carboxylic acids is 1. The predicted octanol–water partition coefficient (Wildman–Crippen LogP) is 3.93. The average Bonchev–Trinajstić information content (AvgIpc) is 3.21. The molecule has 0 unspecified atom stereocenters. The number of rotatable bonds is 5. The molecule has 31 heavy (non-hydrogen) atoms. The first-order valence-electron chi connectivity index (χ1n) is 11.0. The van der Waals surface area contributed by atoms with Gasteiger partial charge in [-0.1, -0.05) is 23.7 Å². The van der Waals surface area contributed by atoms with Crippen LogP contribution < -0.4 is 0 Å². The SMILES string of the molecule is Cc1nnc(C2CCC(N3CCO[C@@](Cc4ccc(Cl)cc4)(C(=O)N(C)C)C3)CC2)s1. The van der Waals surface area contributed by atoms with Gasteiger partial charge in [0.2, 0.25) is 0 Å². The molecular weight excluding hydrogens is 432 g/mol. The third-order valence-corrected chi connectivity index (χ3v) is 7.77. The number of halogens is 1. The van der Waals surface area contributed by atoms with E-state index < -0.39 is 5.60 Å². The van der Waals surface area contributed by atoms with E-state index in [0.29, 0.717) is 36.6 Å². The molecule has 6 nitrogen and oxygen atoms in total. The van der Waals surface area contributed by atoms with Crippen molar-refractivity contribution in [2.45, 2.75) is 56.6 Å². The van der Waals surface area contributed by atoms with Crippen molar-refractivity contribution in [3.05, 3.63) is 44.9 Å². The number of carbonyl (C=O) groups is 1. The van der Waals surface area contributed by atoms with E-state index in [1.54, 1.807) is 16.2 Å². The summed E-state index contributed by atoms with van der Waals surface area (Å²) < 4.78 is 6.25. The second kappa shape index (κ2) is 9.53. The van der Waals surface area contributed by atoms with Crippen molar-refractivity contribution in [3.8, 4) is 0 Å². The Hall–Kier alpha value is -1.54. The number of aryl methyl sites for hydroxylation is 1. The average molecular weight is 463 g/mol. The van der Waals surface area contributed by atoms with Gasteiger partial charge in [-0.05, 0) is 50.3 Å².